The van der Waals surface area contributed by atoms with E-state index in [0.717, 1.165) is 83.2 Å². The highest BCUT2D eigenvalue weighted by Crippen LogP contribution is 2.47. The highest BCUT2D eigenvalue weighted by molar-refractivity contribution is 6.11. The predicted octanol–water partition coefficient (Wildman–Crippen LogP) is 17.3. The van der Waals surface area contributed by atoms with E-state index in [-0.39, 0.29) is 0 Å². The lowest BCUT2D eigenvalue weighted by Crippen LogP contribution is -2.10. The van der Waals surface area contributed by atoms with Crippen molar-refractivity contribution in [2.24, 2.45) is 0 Å². The lowest BCUT2D eigenvalue weighted by molar-refractivity contribution is 0.669. The molecule has 2 aromatic heterocycles. The third kappa shape index (κ3) is 6.29. The number of nitrogens with zero attached hydrogens (tertiary/aromatic N) is 1. The Bertz CT molecular complexity index is 3620. The van der Waals surface area contributed by atoms with E-state index >= 15 is 0 Å². The first-order valence-corrected chi connectivity index (χ1v) is 21.4. The zero-order valence-electron chi connectivity index (χ0n) is 34.3. The minimum Gasteiger partial charge on any atom is -0.455 e. The summed E-state index contributed by atoms with van der Waals surface area (Å²) in [4.78, 5) is 2.33. The zero-order valence-corrected chi connectivity index (χ0v) is 34.3. The first-order valence-electron chi connectivity index (χ1n) is 21.4. The van der Waals surface area contributed by atoms with Crippen molar-refractivity contribution in [3.05, 3.63) is 237 Å². The highest BCUT2D eigenvalue weighted by Gasteiger charge is 2.22. The van der Waals surface area contributed by atoms with Crippen LogP contribution in [0.15, 0.2) is 245 Å². The number of fused-ring (bicyclic) bond motifs is 6. The quantitative estimate of drug-likeness (QED) is 0.153. The Morgan fingerprint density at radius 3 is 1.44 bits per heavy atom. The van der Waals surface area contributed by atoms with Gasteiger partial charge in [0.05, 0.1) is 5.69 Å². The molecule has 12 aromatic rings. The van der Waals surface area contributed by atoms with Crippen LogP contribution in [-0.4, -0.2) is 0 Å². The van der Waals surface area contributed by atoms with Crippen LogP contribution in [0, 0.1) is 0 Å². The van der Waals surface area contributed by atoms with Gasteiger partial charge in [-0.15, -0.1) is 0 Å². The van der Waals surface area contributed by atoms with E-state index in [1.54, 1.807) is 0 Å². The van der Waals surface area contributed by atoms with Crippen LogP contribution in [0.25, 0.3) is 99.5 Å². The number of furan rings is 2. The molecule has 0 bridgehead atoms. The molecule has 12 rings (SSSR count). The van der Waals surface area contributed by atoms with Gasteiger partial charge < -0.3 is 13.7 Å². The number of hydrogen-bond acceptors (Lipinski definition) is 3. The maximum Gasteiger partial charge on any atom is 0.159 e. The summed E-state index contributed by atoms with van der Waals surface area (Å²) in [5, 5.41) is 4.41. The monoisotopic (exact) mass is 805 g/mol. The largest absolute Gasteiger partial charge is 0.455 e. The molecule has 296 valence electrons. The van der Waals surface area contributed by atoms with Crippen LogP contribution in [0.3, 0.4) is 0 Å². The highest BCUT2D eigenvalue weighted by atomic mass is 16.3. The molecular formula is C60H39NO2. The molecule has 0 N–H and O–H groups in total. The second-order valence-electron chi connectivity index (χ2n) is 16.0. The third-order valence-electron chi connectivity index (χ3n) is 12.3. The predicted molar refractivity (Wildman–Crippen MR) is 263 cm³/mol. The molecule has 10 aromatic carbocycles. The van der Waals surface area contributed by atoms with E-state index in [9.17, 15) is 0 Å². The minimum atomic E-state index is 0.837. The number of para-hydroxylation sites is 4. The minimum absolute atomic E-state index is 0.837. The maximum absolute atomic E-state index is 6.74. The van der Waals surface area contributed by atoms with Gasteiger partial charge in [-0.3, -0.25) is 0 Å². The van der Waals surface area contributed by atoms with Crippen LogP contribution < -0.4 is 4.90 Å². The van der Waals surface area contributed by atoms with Gasteiger partial charge in [0, 0.05) is 38.5 Å². The summed E-state index contributed by atoms with van der Waals surface area (Å²) in [7, 11) is 0. The molecule has 0 aliphatic heterocycles. The summed E-state index contributed by atoms with van der Waals surface area (Å²) in [5.74, 6) is 0. The smallest absolute Gasteiger partial charge is 0.159 e. The second kappa shape index (κ2) is 15.3. The van der Waals surface area contributed by atoms with E-state index in [1.807, 2.05) is 24.3 Å². The molecule has 0 saturated carbocycles. The van der Waals surface area contributed by atoms with Crippen LogP contribution in [0.5, 0.6) is 0 Å². The number of rotatable bonds is 8. The van der Waals surface area contributed by atoms with E-state index < -0.39 is 0 Å². The van der Waals surface area contributed by atoms with Gasteiger partial charge in [-0.1, -0.05) is 194 Å². The molecule has 0 aliphatic rings. The fraction of sp³-hybridized carbons (Fsp3) is 0. The summed E-state index contributed by atoms with van der Waals surface area (Å²) < 4.78 is 13.2. The summed E-state index contributed by atoms with van der Waals surface area (Å²) >= 11 is 0. The zero-order chi connectivity index (χ0) is 41.7. The lowest BCUT2D eigenvalue weighted by Gasteiger charge is -2.27. The first kappa shape index (κ1) is 36.5. The molecule has 0 saturated heterocycles. The van der Waals surface area contributed by atoms with Gasteiger partial charge in [0.1, 0.15) is 16.7 Å². The van der Waals surface area contributed by atoms with Crippen molar-refractivity contribution >= 4 is 60.9 Å². The summed E-state index contributed by atoms with van der Waals surface area (Å²) in [6.07, 6.45) is 0. The van der Waals surface area contributed by atoms with Crippen molar-refractivity contribution in [1.82, 2.24) is 0 Å². The Hall–Kier alpha value is -8.40. The topological polar surface area (TPSA) is 29.5 Å². The van der Waals surface area contributed by atoms with Gasteiger partial charge in [-0.2, -0.15) is 0 Å². The third-order valence-corrected chi connectivity index (χ3v) is 12.3. The maximum atomic E-state index is 6.74. The Morgan fingerprint density at radius 2 is 0.730 bits per heavy atom. The number of benzene rings is 10. The fourth-order valence-electron chi connectivity index (χ4n) is 9.42. The molecule has 0 aliphatic carbocycles. The van der Waals surface area contributed by atoms with Gasteiger partial charge in [-0.25, -0.2) is 0 Å². The van der Waals surface area contributed by atoms with Crippen molar-refractivity contribution in [2.75, 3.05) is 4.90 Å². The van der Waals surface area contributed by atoms with Crippen molar-refractivity contribution in [3.8, 4) is 55.6 Å². The Kier molecular flexibility index (Phi) is 8.83. The van der Waals surface area contributed by atoms with Crippen molar-refractivity contribution < 1.29 is 8.83 Å². The molecule has 0 amide bonds. The molecule has 0 spiro atoms. The molecule has 0 radical (unpaired) electrons. The average Bonchev–Trinajstić information content (AvgIpc) is 3.94. The first-order chi connectivity index (χ1) is 31.3. The molecule has 0 atom stereocenters. The van der Waals surface area contributed by atoms with E-state index in [1.165, 1.54) is 33.4 Å². The van der Waals surface area contributed by atoms with Crippen molar-refractivity contribution in [1.29, 1.82) is 0 Å². The number of anilines is 3. The van der Waals surface area contributed by atoms with E-state index in [0.29, 0.717) is 0 Å². The van der Waals surface area contributed by atoms with Gasteiger partial charge in [0.25, 0.3) is 0 Å². The summed E-state index contributed by atoms with van der Waals surface area (Å²) in [6.45, 7) is 0. The molecule has 0 unspecified atom stereocenters. The summed E-state index contributed by atoms with van der Waals surface area (Å²) in [5.41, 5.74) is 18.0. The Labute approximate surface area is 365 Å². The van der Waals surface area contributed by atoms with Crippen LogP contribution in [0.2, 0.25) is 0 Å². The average molecular weight is 806 g/mol. The number of hydrogen-bond donors (Lipinski definition) is 0. The van der Waals surface area contributed by atoms with Crippen LogP contribution >= 0.6 is 0 Å². The fourth-order valence-corrected chi connectivity index (χ4v) is 9.42. The van der Waals surface area contributed by atoms with E-state index in [4.69, 9.17) is 8.83 Å². The van der Waals surface area contributed by atoms with Crippen molar-refractivity contribution in [2.45, 2.75) is 0 Å². The molecule has 3 nitrogen and oxygen atoms in total. The Morgan fingerprint density at radius 1 is 0.270 bits per heavy atom. The van der Waals surface area contributed by atoms with Gasteiger partial charge in [-0.05, 0) is 92.5 Å². The van der Waals surface area contributed by atoms with Crippen LogP contribution in [0.1, 0.15) is 0 Å². The van der Waals surface area contributed by atoms with Crippen LogP contribution in [0.4, 0.5) is 17.1 Å². The standard InChI is InChI=1S/C60H39NO2/c1-3-17-40(18-4-1)46-23-7-8-26-52(46)58-47(41-19-5-2-6-20-41)27-14-28-48(58)43-21-13-22-45(39-43)61(55-32-16-31-54-51-25-10-12-34-57(51)63-60(54)55)44-37-35-42(36-38-44)49-29-15-30-53-50-24-9-11-33-56(50)62-59(49)53/h1-39H. The lowest BCUT2D eigenvalue weighted by atomic mass is 9.84. The normalized spacial score (nSPS) is 11.5. The molecular weight excluding hydrogens is 767 g/mol. The molecule has 2 heterocycles. The van der Waals surface area contributed by atoms with Crippen molar-refractivity contribution in [3.63, 3.8) is 0 Å². The van der Waals surface area contributed by atoms with E-state index in [2.05, 4.69) is 217 Å². The Balaban J connectivity index is 1.05. The molecule has 0 fully saturated rings. The molecule has 63 heavy (non-hydrogen) atoms. The molecule has 3 heteroatoms. The SMILES string of the molecule is c1ccc(-c2ccccc2-c2c(-c3ccccc3)cccc2-c2cccc(N(c3ccc(-c4cccc5c4oc4ccccc45)cc3)c3cccc4c3oc3ccccc34)c2)cc1. The van der Waals surface area contributed by atoms with Gasteiger partial charge in [0.15, 0.2) is 5.58 Å². The van der Waals surface area contributed by atoms with Gasteiger partial charge in [0.2, 0.25) is 0 Å². The second-order valence-corrected chi connectivity index (χ2v) is 16.0. The van der Waals surface area contributed by atoms with Crippen LogP contribution in [-0.2, 0) is 0 Å². The van der Waals surface area contributed by atoms with Gasteiger partial charge >= 0.3 is 0 Å². The summed E-state index contributed by atoms with van der Waals surface area (Å²) in [6, 6.07) is 84.1.